The van der Waals surface area contributed by atoms with Crippen molar-refractivity contribution in [2.75, 3.05) is 6.61 Å². The number of fused-ring (bicyclic) bond motifs is 1. The molecule has 1 heterocycles. The molecule has 0 radical (unpaired) electrons. The van der Waals surface area contributed by atoms with Crippen LogP contribution in [0.3, 0.4) is 0 Å². The summed E-state index contributed by atoms with van der Waals surface area (Å²) in [5.41, 5.74) is -0.0614. The van der Waals surface area contributed by atoms with E-state index in [9.17, 15) is 14.3 Å². The van der Waals surface area contributed by atoms with E-state index in [1.54, 1.807) is 24.3 Å². The lowest BCUT2D eigenvalue weighted by molar-refractivity contribution is 0.0915. The number of aromatic nitrogens is 2. The molecule has 3 aromatic rings. The Hall–Kier alpha value is -2.44. The first kappa shape index (κ1) is 16.4. The van der Waals surface area contributed by atoms with Gasteiger partial charge in [0.15, 0.2) is 0 Å². The molecule has 0 fully saturated rings. The van der Waals surface area contributed by atoms with Crippen LogP contribution in [0.2, 0.25) is 5.02 Å². The second-order valence-corrected chi connectivity index (χ2v) is 5.72. The highest BCUT2D eigenvalue weighted by Crippen LogP contribution is 2.15. The summed E-state index contributed by atoms with van der Waals surface area (Å²) in [5, 5.41) is 10.9. The van der Waals surface area contributed by atoms with Crippen LogP contribution in [0.5, 0.6) is 5.75 Å². The third-order valence-corrected chi connectivity index (χ3v) is 3.70. The van der Waals surface area contributed by atoms with Crippen molar-refractivity contribution >= 4 is 22.5 Å². The highest BCUT2D eigenvalue weighted by atomic mass is 35.5. The quantitative estimate of drug-likeness (QED) is 0.770. The van der Waals surface area contributed by atoms with E-state index in [-0.39, 0.29) is 24.2 Å². The van der Waals surface area contributed by atoms with Gasteiger partial charge in [-0.3, -0.25) is 9.36 Å². The predicted molar refractivity (Wildman–Crippen MR) is 88.9 cm³/mol. The Labute approximate surface area is 141 Å². The van der Waals surface area contributed by atoms with Gasteiger partial charge in [-0.25, -0.2) is 9.37 Å². The number of nitrogens with zero attached hydrogens (tertiary/aromatic N) is 2. The molecule has 0 bridgehead atoms. The Bertz CT molecular complexity index is 912. The number of rotatable bonds is 5. The number of hydrogen-bond donors (Lipinski definition) is 1. The summed E-state index contributed by atoms with van der Waals surface area (Å²) >= 11 is 5.78. The van der Waals surface area contributed by atoms with Crippen LogP contribution in [-0.4, -0.2) is 27.4 Å². The Morgan fingerprint density at radius 3 is 2.75 bits per heavy atom. The first-order chi connectivity index (χ1) is 11.5. The van der Waals surface area contributed by atoms with Gasteiger partial charge >= 0.3 is 0 Å². The smallest absolute Gasteiger partial charge is 0.261 e. The maximum Gasteiger partial charge on any atom is 0.261 e. The summed E-state index contributed by atoms with van der Waals surface area (Å²) in [6.45, 7) is 0.0300. The van der Waals surface area contributed by atoms with Crippen LogP contribution >= 0.6 is 11.6 Å². The van der Waals surface area contributed by atoms with E-state index in [1.807, 2.05) is 0 Å². The Morgan fingerprint density at radius 1 is 1.25 bits per heavy atom. The van der Waals surface area contributed by atoms with E-state index in [4.69, 9.17) is 16.3 Å². The molecule has 1 atom stereocenters. The lowest BCUT2D eigenvalue weighted by atomic mass is 10.2. The number of hydrogen-bond acceptors (Lipinski definition) is 4. The average Bonchev–Trinajstić information content (AvgIpc) is 2.57. The summed E-state index contributed by atoms with van der Waals surface area (Å²) in [5.74, 6) is 0.112. The molecule has 124 valence electrons. The molecule has 0 saturated heterocycles. The fourth-order valence-electron chi connectivity index (χ4n) is 2.26. The molecule has 0 aliphatic carbocycles. The third kappa shape index (κ3) is 3.72. The van der Waals surface area contributed by atoms with Crippen molar-refractivity contribution in [3.8, 4) is 5.75 Å². The fraction of sp³-hybridized carbons (Fsp3) is 0.176. The van der Waals surface area contributed by atoms with E-state index >= 15 is 0 Å². The minimum Gasteiger partial charge on any atom is -0.491 e. The summed E-state index contributed by atoms with van der Waals surface area (Å²) in [6.07, 6.45) is 0.383. The lowest BCUT2D eigenvalue weighted by Gasteiger charge is -2.14. The van der Waals surface area contributed by atoms with Crippen LogP contribution in [0.25, 0.3) is 10.9 Å². The number of benzene rings is 2. The van der Waals surface area contributed by atoms with Gasteiger partial charge in [0.2, 0.25) is 0 Å². The topological polar surface area (TPSA) is 64.4 Å². The van der Waals surface area contributed by atoms with Crippen LogP contribution < -0.4 is 10.3 Å². The molecular weight excluding hydrogens is 335 g/mol. The van der Waals surface area contributed by atoms with Crippen molar-refractivity contribution in [3.63, 3.8) is 0 Å². The molecule has 5 nitrogen and oxygen atoms in total. The maximum absolute atomic E-state index is 13.2. The number of halogens is 2. The molecule has 0 saturated carbocycles. The van der Waals surface area contributed by atoms with E-state index in [0.29, 0.717) is 16.2 Å². The molecule has 0 aliphatic heterocycles. The maximum atomic E-state index is 13.2. The minimum absolute atomic E-state index is 0.00945. The van der Waals surface area contributed by atoms with Crippen molar-refractivity contribution in [3.05, 3.63) is 70.0 Å². The van der Waals surface area contributed by atoms with Crippen LogP contribution in [0.1, 0.15) is 0 Å². The van der Waals surface area contributed by atoms with Gasteiger partial charge in [-0.1, -0.05) is 11.6 Å². The average molecular weight is 349 g/mol. The van der Waals surface area contributed by atoms with Crippen LogP contribution in [-0.2, 0) is 6.54 Å². The zero-order valence-corrected chi connectivity index (χ0v) is 13.3. The number of aliphatic hydroxyl groups excluding tert-OH is 1. The van der Waals surface area contributed by atoms with Gasteiger partial charge in [0.05, 0.1) is 23.8 Å². The van der Waals surface area contributed by atoms with Crippen molar-refractivity contribution in [2.45, 2.75) is 12.6 Å². The fourth-order valence-corrected chi connectivity index (χ4v) is 2.39. The van der Waals surface area contributed by atoms with Gasteiger partial charge < -0.3 is 9.84 Å². The Morgan fingerprint density at radius 2 is 2.00 bits per heavy atom. The van der Waals surface area contributed by atoms with Gasteiger partial charge in [0.25, 0.3) is 5.56 Å². The summed E-state index contributed by atoms with van der Waals surface area (Å²) < 4.78 is 19.9. The van der Waals surface area contributed by atoms with Crippen molar-refractivity contribution in [2.24, 2.45) is 0 Å². The molecule has 1 N–H and O–H groups in total. The SMILES string of the molecule is O=c1c2ccc(F)cc2ncn1C[C@H](O)COc1ccc(Cl)cc1. The van der Waals surface area contributed by atoms with Crippen LogP contribution in [0.15, 0.2) is 53.6 Å². The number of aliphatic hydroxyl groups is 1. The molecule has 7 heteroatoms. The van der Waals surface area contributed by atoms with Crippen molar-refractivity contribution in [1.82, 2.24) is 9.55 Å². The molecule has 0 aliphatic rings. The molecule has 0 amide bonds. The van der Waals surface area contributed by atoms with Gasteiger partial charge in [0, 0.05) is 11.1 Å². The van der Waals surface area contributed by atoms with Gasteiger partial charge in [-0.15, -0.1) is 0 Å². The standard InChI is InChI=1S/C17H14ClFN2O3/c18-11-1-4-14(5-2-11)24-9-13(22)8-21-10-20-16-7-12(19)3-6-15(16)17(21)23/h1-7,10,13,22H,8-9H2/t13-/m0/s1. The third-order valence-electron chi connectivity index (χ3n) is 3.45. The monoisotopic (exact) mass is 348 g/mol. The normalized spacial score (nSPS) is 12.3. The van der Waals surface area contributed by atoms with E-state index in [2.05, 4.69) is 4.98 Å². The van der Waals surface area contributed by atoms with E-state index in [1.165, 1.54) is 29.1 Å². The van der Waals surface area contributed by atoms with E-state index < -0.39 is 11.9 Å². The highest BCUT2D eigenvalue weighted by Gasteiger charge is 2.10. The zero-order chi connectivity index (χ0) is 17.1. The van der Waals surface area contributed by atoms with Crippen LogP contribution in [0, 0.1) is 5.82 Å². The van der Waals surface area contributed by atoms with Gasteiger partial charge in [0.1, 0.15) is 24.3 Å². The highest BCUT2D eigenvalue weighted by molar-refractivity contribution is 6.30. The first-order valence-electron chi connectivity index (χ1n) is 7.24. The predicted octanol–water partition coefficient (Wildman–Crippen LogP) is 2.63. The molecule has 24 heavy (non-hydrogen) atoms. The molecule has 1 aromatic heterocycles. The van der Waals surface area contributed by atoms with Gasteiger partial charge in [-0.2, -0.15) is 0 Å². The minimum atomic E-state index is -0.905. The first-order valence-corrected chi connectivity index (χ1v) is 7.62. The summed E-state index contributed by atoms with van der Waals surface area (Å²) in [6, 6.07) is 10.5. The largest absolute Gasteiger partial charge is 0.491 e. The van der Waals surface area contributed by atoms with Gasteiger partial charge in [-0.05, 0) is 36.4 Å². The summed E-state index contributed by atoms with van der Waals surface area (Å²) in [7, 11) is 0. The molecule has 0 unspecified atom stereocenters. The summed E-state index contributed by atoms with van der Waals surface area (Å²) in [4.78, 5) is 16.4. The molecule has 3 rings (SSSR count). The van der Waals surface area contributed by atoms with Crippen molar-refractivity contribution in [1.29, 1.82) is 0 Å². The van der Waals surface area contributed by atoms with E-state index in [0.717, 1.165) is 0 Å². The molecular formula is C17H14ClFN2O3. The lowest BCUT2D eigenvalue weighted by Crippen LogP contribution is -2.30. The molecule has 0 spiro atoms. The van der Waals surface area contributed by atoms with Crippen molar-refractivity contribution < 1.29 is 14.2 Å². The number of ether oxygens (including phenoxy) is 1. The zero-order valence-electron chi connectivity index (χ0n) is 12.5. The second kappa shape index (κ2) is 6.98. The Kier molecular flexibility index (Phi) is 4.78. The molecule has 2 aromatic carbocycles. The second-order valence-electron chi connectivity index (χ2n) is 5.28. The van der Waals surface area contributed by atoms with Crippen LogP contribution in [0.4, 0.5) is 4.39 Å². The Balaban J connectivity index is 1.70.